The van der Waals surface area contributed by atoms with E-state index >= 15 is 0 Å². The molecule has 2 aromatic rings. The van der Waals surface area contributed by atoms with Crippen molar-refractivity contribution in [1.29, 1.82) is 0 Å². The van der Waals surface area contributed by atoms with E-state index < -0.39 is 0 Å². The third-order valence-corrected chi connectivity index (χ3v) is 4.13. The number of rotatable bonds is 6. The highest BCUT2D eigenvalue weighted by Gasteiger charge is 2.13. The maximum Gasteiger partial charge on any atom is 0.258 e. The molecule has 0 saturated heterocycles. The first kappa shape index (κ1) is 18.1. The highest BCUT2D eigenvalue weighted by molar-refractivity contribution is 7.99. The lowest BCUT2D eigenvalue weighted by atomic mass is 10.1. The fourth-order valence-corrected chi connectivity index (χ4v) is 2.75. The van der Waals surface area contributed by atoms with Crippen molar-refractivity contribution in [3.63, 3.8) is 0 Å². The summed E-state index contributed by atoms with van der Waals surface area (Å²) in [4.78, 5) is 30.5. The molecule has 0 saturated carbocycles. The minimum absolute atomic E-state index is 0.0831. The van der Waals surface area contributed by atoms with Gasteiger partial charge in [0.1, 0.15) is 0 Å². The summed E-state index contributed by atoms with van der Waals surface area (Å²) < 4.78 is 0. The van der Waals surface area contributed by atoms with Crippen LogP contribution < -0.4 is 10.9 Å². The van der Waals surface area contributed by atoms with Crippen LogP contribution in [0.25, 0.3) is 0 Å². The molecule has 0 radical (unpaired) electrons. The first-order chi connectivity index (χ1) is 11.3. The van der Waals surface area contributed by atoms with Crippen LogP contribution >= 0.6 is 11.8 Å². The van der Waals surface area contributed by atoms with Gasteiger partial charge in [0.2, 0.25) is 11.8 Å². The number of carbonyl (C=O) groups excluding carboxylic acids is 1. The largest absolute Gasteiger partial charge is 0.493 e. The maximum absolute atomic E-state index is 12.0. The van der Waals surface area contributed by atoms with Crippen molar-refractivity contribution in [3.05, 3.63) is 45.7 Å². The molecule has 2 rings (SSSR count). The molecule has 1 heterocycles. The molecule has 0 fully saturated rings. The van der Waals surface area contributed by atoms with Crippen LogP contribution in [0.1, 0.15) is 25.0 Å². The molecule has 0 unspecified atom stereocenters. The third-order valence-electron chi connectivity index (χ3n) is 3.26. The van der Waals surface area contributed by atoms with Crippen molar-refractivity contribution >= 4 is 23.4 Å². The fraction of sp³-hybridized carbons (Fsp3) is 0.353. The Kier molecular flexibility index (Phi) is 6.03. The van der Waals surface area contributed by atoms with E-state index in [-0.39, 0.29) is 39.7 Å². The average molecular weight is 347 g/mol. The number of aryl methyl sites for hydroxylation is 1. The molecular formula is C17H21N3O3S. The Balaban J connectivity index is 1.97. The number of hydrogen-bond donors (Lipinski definition) is 3. The second kappa shape index (κ2) is 8.01. The molecule has 1 aromatic carbocycles. The number of H-pyrrole nitrogens is 1. The molecule has 0 spiro atoms. The number of thioether (sulfide) groups is 1. The standard InChI is InChI=1S/C17H21N3O3S/c1-10(2)8-13-15(22)19-17(20-16(13)23)24-9-14(21)18-12-6-4-11(3)5-7-12/h4-7,10H,8-9H2,1-3H3,(H,18,21)(H2,19,20,22,23). The molecule has 0 aliphatic carbocycles. The molecule has 0 bridgehead atoms. The zero-order chi connectivity index (χ0) is 17.7. The van der Waals surface area contributed by atoms with Gasteiger partial charge in [0.05, 0.1) is 11.3 Å². The maximum atomic E-state index is 12.0. The molecule has 0 aliphatic rings. The van der Waals surface area contributed by atoms with Gasteiger partial charge >= 0.3 is 0 Å². The smallest absolute Gasteiger partial charge is 0.258 e. The fourth-order valence-electron chi connectivity index (χ4n) is 2.09. The molecule has 128 valence electrons. The van der Waals surface area contributed by atoms with Gasteiger partial charge in [-0.05, 0) is 31.4 Å². The van der Waals surface area contributed by atoms with Crippen molar-refractivity contribution in [1.82, 2.24) is 9.97 Å². The number of anilines is 1. The summed E-state index contributed by atoms with van der Waals surface area (Å²) in [7, 11) is 0. The van der Waals surface area contributed by atoms with E-state index in [0.29, 0.717) is 12.1 Å². The molecular weight excluding hydrogens is 326 g/mol. The monoisotopic (exact) mass is 347 g/mol. The van der Waals surface area contributed by atoms with E-state index in [1.807, 2.05) is 45.0 Å². The van der Waals surface area contributed by atoms with Gasteiger partial charge in [0.25, 0.3) is 5.56 Å². The Bertz CT molecular complexity index is 770. The second-order valence-electron chi connectivity index (χ2n) is 5.97. The minimum atomic E-state index is -0.363. The van der Waals surface area contributed by atoms with Crippen LogP contribution in [0.15, 0.2) is 34.2 Å². The van der Waals surface area contributed by atoms with Crippen LogP contribution in [0, 0.1) is 12.8 Å². The van der Waals surface area contributed by atoms with Crippen LogP contribution in [0.4, 0.5) is 5.69 Å². The first-order valence-electron chi connectivity index (χ1n) is 7.66. The first-order valence-corrected chi connectivity index (χ1v) is 8.65. The molecule has 1 aromatic heterocycles. The number of nitrogens with zero attached hydrogens (tertiary/aromatic N) is 1. The van der Waals surface area contributed by atoms with E-state index in [4.69, 9.17) is 0 Å². The number of benzene rings is 1. The lowest BCUT2D eigenvalue weighted by molar-refractivity contribution is -0.113. The summed E-state index contributed by atoms with van der Waals surface area (Å²) in [6, 6.07) is 7.47. The van der Waals surface area contributed by atoms with Crippen molar-refractivity contribution in [2.24, 2.45) is 5.92 Å². The number of amides is 1. The predicted molar refractivity (Wildman–Crippen MR) is 95.6 cm³/mol. The Morgan fingerprint density at radius 3 is 2.58 bits per heavy atom. The third kappa shape index (κ3) is 5.13. The van der Waals surface area contributed by atoms with Gasteiger partial charge in [0, 0.05) is 5.69 Å². The van der Waals surface area contributed by atoms with Gasteiger partial charge in [-0.1, -0.05) is 43.3 Å². The summed E-state index contributed by atoms with van der Waals surface area (Å²) in [5, 5.41) is 12.9. The topological polar surface area (TPSA) is 95.1 Å². The summed E-state index contributed by atoms with van der Waals surface area (Å²) in [5.41, 5.74) is 1.74. The number of hydrogen-bond acceptors (Lipinski definition) is 5. The molecule has 0 aliphatic heterocycles. The zero-order valence-corrected chi connectivity index (χ0v) is 14.7. The average Bonchev–Trinajstić information content (AvgIpc) is 2.51. The van der Waals surface area contributed by atoms with Gasteiger partial charge < -0.3 is 15.4 Å². The van der Waals surface area contributed by atoms with E-state index in [9.17, 15) is 14.7 Å². The van der Waals surface area contributed by atoms with Gasteiger partial charge in [-0.15, -0.1) is 0 Å². The van der Waals surface area contributed by atoms with Crippen LogP contribution in [-0.4, -0.2) is 26.7 Å². The number of aromatic nitrogens is 2. The Hall–Kier alpha value is -2.28. The predicted octanol–water partition coefficient (Wildman–Crippen LogP) is 2.71. The summed E-state index contributed by atoms with van der Waals surface area (Å²) in [6.45, 7) is 5.88. The SMILES string of the molecule is Cc1ccc(NC(=O)CSc2nc(O)c(CC(C)C)c(=O)[nH]2)cc1. The Morgan fingerprint density at radius 1 is 1.33 bits per heavy atom. The van der Waals surface area contributed by atoms with Crippen LogP contribution in [0.2, 0.25) is 0 Å². The van der Waals surface area contributed by atoms with Crippen LogP contribution in [0.5, 0.6) is 5.88 Å². The van der Waals surface area contributed by atoms with Crippen molar-refractivity contribution in [3.8, 4) is 5.88 Å². The second-order valence-corrected chi connectivity index (χ2v) is 6.94. The number of nitrogens with one attached hydrogen (secondary N) is 2. The summed E-state index contributed by atoms with van der Waals surface area (Å²) in [6.07, 6.45) is 0.451. The molecule has 3 N–H and O–H groups in total. The van der Waals surface area contributed by atoms with Crippen LogP contribution in [-0.2, 0) is 11.2 Å². The lowest BCUT2D eigenvalue weighted by Gasteiger charge is -2.08. The van der Waals surface area contributed by atoms with Gasteiger partial charge in [0.15, 0.2) is 5.16 Å². The highest BCUT2D eigenvalue weighted by atomic mass is 32.2. The number of aromatic amines is 1. The van der Waals surface area contributed by atoms with E-state index in [1.165, 1.54) is 0 Å². The normalized spacial score (nSPS) is 10.8. The molecule has 6 nitrogen and oxygen atoms in total. The summed E-state index contributed by atoms with van der Waals surface area (Å²) in [5.74, 6) is -0.163. The van der Waals surface area contributed by atoms with Crippen molar-refractivity contribution in [2.45, 2.75) is 32.3 Å². The Morgan fingerprint density at radius 2 is 2.00 bits per heavy atom. The van der Waals surface area contributed by atoms with Crippen molar-refractivity contribution < 1.29 is 9.90 Å². The molecule has 1 amide bonds. The van der Waals surface area contributed by atoms with Gasteiger partial charge in [-0.3, -0.25) is 9.59 Å². The Labute approximate surface area is 144 Å². The molecule has 7 heteroatoms. The van der Waals surface area contributed by atoms with E-state index in [0.717, 1.165) is 17.3 Å². The quantitative estimate of drug-likeness (QED) is 0.552. The van der Waals surface area contributed by atoms with E-state index in [2.05, 4.69) is 15.3 Å². The van der Waals surface area contributed by atoms with Gasteiger partial charge in [-0.25, -0.2) is 0 Å². The van der Waals surface area contributed by atoms with Gasteiger partial charge in [-0.2, -0.15) is 4.98 Å². The van der Waals surface area contributed by atoms with Crippen LogP contribution in [0.3, 0.4) is 0 Å². The summed E-state index contributed by atoms with van der Waals surface area (Å²) >= 11 is 1.07. The highest BCUT2D eigenvalue weighted by Crippen LogP contribution is 2.19. The van der Waals surface area contributed by atoms with E-state index in [1.54, 1.807) is 0 Å². The molecule has 0 atom stereocenters. The molecule has 24 heavy (non-hydrogen) atoms. The zero-order valence-electron chi connectivity index (χ0n) is 13.9. The number of aromatic hydroxyl groups is 1. The number of carbonyl (C=O) groups is 1. The minimum Gasteiger partial charge on any atom is -0.493 e. The van der Waals surface area contributed by atoms with Crippen molar-refractivity contribution in [2.75, 3.05) is 11.1 Å². The lowest BCUT2D eigenvalue weighted by Crippen LogP contribution is -2.18.